The van der Waals surface area contributed by atoms with Crippen molar-refractivity contribution in [3.05, 3.63) is 58.8 Å². The van der Waals surface area contributed by atoms with Crippen LogP contribution < -0.4 is 4.90 Å². The number of hydrogen-bond acceptors (Lipinski definition) is 4. The van der Waals surface area contributed by atoms with Crippen molar-refractivity contribution in [2.24, 2.45) is 0 Å². The van der Waals surface area contributed by atoms with Crippen LogP contribution in [0.4, 0.5) is 10.1 Å². The second kappa shape index (κ2) is 9.41. The van der Waals surface area contributed by atoms with Crippen LogP contribution in [0.15, 0.2) is 57.9 Å². The molecule has 170 valence electrons. The minimum absolute atomic E-state index is 0.0783. The molecule has 0 bridgehead atoms. The van der Waals surface area contributed by atoms with Crippen molar-refractivity contribution in [3.8, 4) is 0 Å². The molecule has 1 unspecified atom stereocenters. The minimum Gasteiger partial charge on any atom is -0.274 e. The third-order valence-electron chi connectivity index (χ3n) is 6.09. The number of sulfonamides is 1. The smallest absolute Gasteiger partial charge is 0.252 e. The van der Waals surface area contributed by atoms with Crippen molar-refractivity contribution < 1.29 is 22.4 Å². The van der Waals surface area contributed by atoms with Crippen molar-refractivity contribution in [1.82, 2.24) is 4.31 Å². The first kappa shape index (κ1) is 23.1. The number of carbonyl (C=O) groups excluding carboxylic acids is 2. The Hall–Kier alpha value is -2.10. The Morgan fingerprint density at radius 2 is 1.50 bits per heavy atom. The highest BCUT2D eigenvalue weighted by molar-refractivity contribution is 9.10. The standard InChI is InChI=1S/C23H24BrFN2O4S/c24-16-7-11-18(12-8-16)26-22(28)15-21(23(26)29)27(19-5-3-1-2-4-6-19)32(30,31)20-13-9-17(25)10-14-20/h7-14,19,21H,1-6,15H2. The van der Waals surface area contributed by atoms with Crippen molar-refractivity contribution in [1.29, 1.82) is 0 Å². The molecule has 2 aromatic carbocycles. The molecule has 32 heavy (non-hydrogen) atoms. The van der Waals surface area contributed by atoms with Gasteiger partial charge in [-0.2, -0.15) is 4.31 Å². The third-order valence-corrected chi connectivity index (χ3v) is 8.59. The highest BCUT2D eigenvalue weighted by Gasteiger charge is 2.49. The van der Waals surface area contributed by atoms with Crippen molar-refractivity contribution in [2.75, 3.05) is 4.90 Å². The number of nitrogens with zero attached hydrogens (tertiary/aromatic N) is 2. The lowest BCUT2D eigenvalue weighted by Gasteiger charge is -2.33. The maximum Gasteiger partial charge on any atom is 0.252 e. The number of rotatable bonds is 5. The molecule has 1 aliphatic carbocycles. The fourth-order valence-corrected chi connectivity index (χ4v) is 6.63. The number of carbonyl (C=O) groups is 2. The molecule has 2 aromatic rings. The highest BCUT2D eigenvalue weighted by Crippen LogP contribution is 2.35. The van der Waals surface area contributed by atoms with Crippen LogP contribution in [0, 0.1) is 5.82 Å². The average Bonchev–Trinajstić information content (AvgIpc) is 2.93. The van der Waals surface area contributed by atoms with Gasteiger partial charge in [-0.15, -0.1) is 0 Å². The lowest BCUT2D eigenvalue weighted by molar-refractivity contribution is -0.122. The van der Waals surface area contributed by atoms with Gasteiger partial charge in [-0.3, -0.25) is 9.59 Å². The summed E-state index contributed by atoms with van der Waals surface area (Å²) in [5.74, 6) is -1.53. The molecule has 1 atom stereocenters. The van der Waals surface area contributed by atoms with Crippen LogP contribution in [-0.4, -0.2) is 36.6 Å². The summed E-state index contributed by atoms with van der Waals surface area (Å²) in [6.07, 6.45) is 4.74. The minimum atomic E-state index is -4.13. The predicted octanol–water partition coefficient (Wildman–Crippen LogP) is 4.63. The summed E-state index contributed by atoms with van der Waals surface area (Å²) in [6.45, 7) is 0. The van der Waals surface area contributed by atoms with Gasteiger partial charge in [-0.1, -0.05) is 41.6 Å². The van der Waals surface area contributed by atoms with Crippen LogP contribution in [-0.2, 0) is 19.6 Å². The van der Waals surface area contributed by atoms with Crippen LogP contribution in [0.25, 0.3) is 0 Å². The molecular weight excluding hydrogens is 499 g/mol. The Morgan fingerprint density at radius 1 is 0.906 bits per heavy atom. The van der Waals surface area contributed by atoms with Crippen molar-refractivity contribution in [3.63, 3.8) is 0 Å². The van der Waals surface area contributed by atoms with Gasteiger partial charge in [0.15, 0.2) is 0 Å². The number of halogens is 2. The fourth-order valence-electron chi connectivity index (χ4n) is 4.53. The first-order chi connectivity index (χ1) is 15.3. The topological polar surface area (TPSA) is 74.8 Å². The molecule has 0 radical (unpaired) electrons. The zero-order valence-corrected chi connectivity index (χ0v) is 19.8. The zero-order chi connectivity index (χ0) is 22.9. The van der Waals surface area contributed by atoms with E-state index in [1.807, 2.05) is 0 Å². The third kappa shape index (κ3) is 4.51. The van der Waals surface area contributed by atoms with Crippen LogP contribution in [0.2, 0.25) is 0 Å². The number of amides is 2. The van der Waals surface area contributed by atoms with Crippen LogP contribution in [0.1, 0.15) is 44.9 Å². The molecule has 1 heterocycles. The number of anilines is 1. The van der Waals surface area contributed by atoms with Gasteiger partial charge in [0, 0.05) is 10.5 Å². The Balaban J connectivity index is 1.74. The lowest BCUT2D eigenvalue weighted by Crippen LogP contribution is -2.50. The maximum atomic E-state index is 13.7. The summed E-state index contributed by atoms with van der Waals surface area (Å²) in [4.78, 5) is 27.3. The van der Waals surface area contributed by atoms with Gasteiger partial charge in [-0.05, 0) is 61.4 Å². The van der Waals surface area contributed by atoms with Gasteiger partial charge in [-0.25, -0.2) is 17.7 Å². The average molecular weight is 523 g/mol. The molecule has 0 N–H and O–H groups in total. The Labute approximate surface area is 195 Å². The van der Waals surface area contributed by atoms with E-state index in [-0.39, 0.29) is 17.4 Å². The van der Waals surface area contributed by atoms with Gasteiger partial charge in [0.25, 0.3) is 5.91 Å². The SMILES string of the molecule is O=C1CC(N(C2CCCCCC2)S(=O)(=O)c2ccc(F)cc2)C(=O)N1c1ccc(Br)cc1. The second-order valence-electron chi connectivity index (χ2n) is 8.20. The molecule has 2 amide bonds. The number of hydrogen-bond donors (Lipinski definition) is 0. The molecule has 6 nitrogen and oxygen atoms in total. The molecule has 2 fully saturated rings. The van der Waals surface area contributed by atoms with Crippen LogP contribution in [0.3, 0.4) is 0 Å². The fraction of sp³-hybridized carbons (Fsp3) is 0.391. The van der Waals surface area contributed by atoms with E-state index in [1.54, 1.807) is 24.3 Å². The predicted molar refractivity (Wildman–Crippen MR) is 122 cm³/mol. The molecule has 1 saturated heterocycles. The Kier molecular flexibility index (Phi) is 6.78. The van der Waals surface area contributed by atoms with E-state index < -0.39 is 33.7 Å². The van der Waals surface area contributed by atoms with E-state index in [9.17, 15) is 22.4 Å². The van der Waals surface area contributed by atoms with Crippen molar-refractivity contribution in [2.45, 2.75) is 61.9 Å². The molecule has 1 saturated carbocycles. The van der Waals surface area contributed by atoms with E-state index in [0.29, 0.717) is 18.5 Å². The lowest BCUT2D eigenvalue weighted by atomic mass is 10.1. The number of imide groups is 1. The van der Waals surface area contributed by atoms with Crippen LogP contribution >= 0.6 is 15.9 Å². The molecule has 0 spiro atoms. The first-order valence-corrected chi connectivity index (χ1v) is 12.9. The van der Waals surface area contributed by atoms with E-state index in [1.165, 1.54) is 16.4 Å². The van der Waals surface area contributed by atoms with E-state index in [0.717, 1.165) is 47.2 Å². The van der Waals surface area contributed by atoms with Gasteiger partial charge < -0.3 is 0 Å². The van der Waals surface area contributed by atoms with Gasteiger partial charge >= 0.3 is 0 Å². The van der Waals surface area contributed by atoms with Crippen LogP contribution in [0.5, 0.6) is 0 Å². The molecule has 9 heteroatoms. The quantitative estimate of drug-likeness (QED) is 0.423. The van der Waals surface area contributed by atoms with Gasteiger partial charge in [0.1, 0.15) is 11.9 Å². The molecule has 1 aliphatic heterocycles. The van der Waals surface area contributed by atoms with E-state index in [2.05, 4.69) is 15.9 Å². The van der Waals surface area contributed by atoms with E-state index >= 15 is 0 Å². The monoisotopic (exact) mass is 522 g/mol. The van der Waals surface area contributed by atoms with Crippen molar-refractivity contribution >= 4 is 43.5 Å². The van der Waals surface area contributed by atoms with Gasteiger partial charge in [0.05, 0.1) is 17.0 Å². The summed E-state index contributed by atoms with van der Waals surface area (Å²) >= 11 is 3.33. The summed E-state index contributed by atoms with van der Waals surface area (Å²) in [5, 5.41) is 0. The second-order valence-corrected chi connectivity index (χ2v) is 11.0. The summed E-state index contributed by atoms with van der Waals surface area (Å²) in [5.41, 5.74) is 0.408. The summed E-state index contributed by atoms with van der Waals surface area (Å²) in [6, 6.07) is 9.83. The molecule has 0 aromatic heterocycles. The number of benzene rings is 2. The zero-order valence-electron chi connectivity index (χ0n) is 17.4. The van der Waals surface area contributed by atoms with E-state index in [4.69, 9.17) is 0 Å². The molecule has 2 aliphatic rings. The van der Waals surface area contributed by atoms with Gasteiger partial charge in [0.2, 0.25) is 15.9 Å². The maximum absolute atomic E-state index is 13.7. The summed E-state index contributed by atoms with van der Waals surface area (Å²) < 4.78 is 42.9. The molecule has 4 rings (SSSR count). The first-order valence-electron chi connectivity index (χ1n) is 10.7. The summed E-state index contributed by atoms with van der Waals surface area (Å²) in [7, 11) is -4.13. The largest absolute Gasteiger partial charge is 0.274 e. The Bertz CT molecular complexity index is 1100. The molecular formula is C23H24BrFN2O4S. The highest BCUT2D eigenvalue weighted by atomic mass is 79.9. The Morgan fingerprint density at radius 3 is 2.09 bits per heavy atom. The normalized spacial score (nSPS) is 20.7.